The van der Waals surface area contributed by atoms with E-state index in [1.165, 1.54) is 0 Å². The van der Waals surface area contributed by atoms with E-state index >= 15 is 0 Å². The summed E-state index contributed by atoms with van der Waals surface area (Å²) in [5.41, 5.74) is -0.420. The number of hydrogen-bond donors (Lipinski definition) is 2. The van der Waals surface area contributed by atoms with Crippen LogP contribution in [-0.4, -0.2) is 41.4 Å². The van der Waals surface area contributed by atoms with Crippen molar-refractivity contribution in [3.8, 4) is 0 Å². The zero-order valence-electron chi connectivity index (χ0n) is 20.0. The van der Waals surface area contributed by atoms with Crippen LogP contribution in [-0.2, 0) is 9.59 Å². The van der Waals surface area contributed by atoms with E-state index in [2.05, 4.69) is 30.6 Å². The minimum atomic E-state index is -0.397. The molecule has 0 saturated heterocycles. The molecule has 1 heterocycles. The first kappa shape index (κ1) is 22.3. The second-order valence-corrected chi connectivity index (χ2v) is 12.0. The number of hydrogen-bond acceptors (Lipinski definition) is 3. The lowest BCUT2D eigenvalue weighted by molar-refractivity contribution is -0.142. The summed E-state index contributed by atoms with van der Waals surface area (Å²) >= 11 is 0. The van der Waals surface area contributed by atoms with Crippen LogP contribution < -0.4 is 10.6 Å². The highest BCUT2D eigenvalue weighted by Gasteiger charge is 2.61. The zero-order chi connectivity index (χ0) is 22.8. The van der Waals surface area contributed by atoms with Gasteiger partial charge in [-0.2, -0.15) is 0 Å². The smallest absolute Gasteiger partial charge is 0.321 e. The van der Waals surface area contributed by atoms with Crippen LogP contribution in [0, 0.1) is 34.5 Å². The Morgan fingerprint density at radius 1 is 1.06 bits per heavy atom. The first-order valence-electron chi connectivity index (χ1n) is 12.0. The van der Waals surface area contributed by atoms with Crippen LogP contribution in [0.3, 0.4) is 0 Å². The molecule has 6 nitrogen and oxygen atoms in total. The van der Waals surface area contributed by atoms with Gasteiger partial charge in [0, 0.05) is 30.0 Å². The van der Waals surface area contributed by atoms with Gasteiger partial charge in [-0.05, 0) is 88.5 Å². The van der Waals surface area contributed by atoms with E-state index in [0.29, 0.717) is 17.8 Å². The minimum absolute atomic E-state index is 0.0137. The van der Waals surface area contributed by atoms with Gasteiger partial charge in [0.2, 0.25) is 11.8 Å². The van der Waals surface area contributed by atoms with Gasteiger partial charge in [-0.3, -0.25) is 14.9 Å². The molecule has 3 fully saturated rings. The molecule has 31 heavy (non-hydrogen) atoms. The highest BCUT2D eigenvalue weighted by molar-refractivity contribution is 5.96. The van der Waals surface area contributed by atoms with Gasteiger partial charge in [0.1, 0.15) is 0 Å². The lowest BCUT2D eigenvalue weighted by atomic mass is 9.47. The van der Waals surface area contributed by atoms with Gasteiger partial charge in [-0.15, -0.1) is 0 Å². The fourth-order valence-corrected chi connectivity index (χ4v) is 7.74. The Kier molecular flexibility index (Phi) is 5.30. The largest absolute Gasteiger partial charge is 0.338 e. The third-order valence-electron chi connectivity index (χ3n) is 9.17. The first-order valence-corrected chi connectivity index (χ1v) is 12.0. The third-order valence-corrected chi connectivity index (χ3v) is 9.17. The predicted octanol–water partition coefficient (Wildman–Crippen LogP) is 3.87. The molecule has 6 heteroatoms. The van der Waals surface area contributed by atoms with Gasteiger partial charge in [0.15, 0.2) is 0 Å². The summed E-state index contributed by atoms with van der Waals surface area (Å²) in [6.45, 7) is 10.4. The van der Waals surface area contributed by atoms with E-state index in [9.17, 15) is 14.4 Å². The molecule has 4 rings (SSSR count). The quantitative estimate of drug-likeness (QED) is 0.664. The summed E-state index contributed by atoms with van der Waals surface area (Å²) in [7, 11) is 1.95. The second-order valence-electron chi connectivity index (χ2n) is 12.0. The number of fused-ring (bicyclic) bond motifs is 5. The Morgan fingerprint density at radius 2 is 1.77 bits per heavy atom. The van der Waals surface area contributed by atoms with Crippen LogP contribution >= 0.6 is 0 Å². The molecule has 172 valence electrons. The number of nitrogens with zero attached hydrogens (tertiary/aromatic N) is 1. The summed E-state index contributed by atoms with van der Waals surface area (Å²) in [5.74, 6) is 1.51. The third kappa shape index (κ3) is 3.60. The van der Waals surface area contributed by atoms with E-state index in [1.54, 1.807) is 6.08 Å². The minimum Gasteiger partial charge on any atom is -0.338 e. The Balaban J connectivity index is 1.52. The molecule has 7 atom stereocenters. The number of carbonyl (C=O) groups excluding carboxylic acids is 3. The van der Waals surface area contributed by atoms with Crippen molar-refractivity contribution in [3.05, 3.63) is 12.2 Å². The molecule has 2 unspecified atom stereocenters. The number of nitrogens with one attached hydrogen (secondary N) is 2. The van der Waals surface area contributed by atoms with Crippen molar-refractivity contribution < 1.29 is 14.4 Å². The maximum absolute atomic E-state index is 13.1. The summed E-state index contributed by atoms with van der Waals surface area (Å²) in [6, 6.07) is -0.122. The predicted molar refractivity (Wildman–Crippen MR) is 120 cm³/mol. The Morgan fingerprint density at radius 3 is 2.45 bits per heavy atom. The van der Waals surface area contributed by atoms with E-state index in [-0.39, 0.29) is 40.1 Å². The molecule has 4 amide bonds. The number of urea groups is 1. The molecule has 2 N–H and O–H groups in total. The van der Waals surface area contributed by atoms with E-state index in [1.807, 2.05) is 32.7 Å². The molecule has 0 aromatic carbocycles. The molecule has 0 aromatic heterocycles. The number of likely N-dealkylation sites (N-methyl/N-ethyl adjacent to an activating group) is 1. The normalized spacial score (nSPS) is 41.8. The van der Waals surface area contributed by atoms with E-state index in [0.717, 1.165) is 38.5 Å². The number of amides is 4. The van der Waals surface area contributed by atoms with Gasteiger partial charge in [0.25, 0.3) is 0 Å². The summed E-state index contributed by atoms with van der Waals surface area (Å²) in [5, 5.41) is 5.46. The van der Waals surface area contributed by atoms with Crippen molar-refractivity contribution in [1.29, 1.82) is 0 Å². The summed E-state index contributed by atoms with van der Waals surface area (Å²) < 4.78 is 0. The monoisotopic (exact) mass is 429 g/mol. The van der Waals surface area contributed by atoms with Crippen LogP contribution in [0.1, 0.15) is 73.1 Å². The number of imide groups is 1. The van der Waals surface area contributed by atoms with Crippen molar-refractivity contribution in [2.24, 2.45) is 34.5 Å². The van der Waals surface area contributed by atoms with Crippen molar-refractivity contribution in [3.63, 3.8) is 0 Å². The van der Waals surface area contributed by atoms with Crippen LogP contribution in [0.2, 0.25) is 0 Å². The summed E-state index contributed by atoms with van der Waals surface area (Å²) in [4.78, 5) is 39.6. The molecule has 3 aliphatic carbocycles. The van der Waals surface area contributed by atoms with Crippen LogP contribution in [0.15, 0.2) is 12.2 Å². The molecule has 1 aliphatic heterocycles. The molecule has 0 spiro atoms. The molecule has 0 bridgehead atoms. The highest BCUT2D eigenvalue weighted by Crippen LogP contribution is 2.65. The Bertz CT molecular complexity index is 815. The Labute approximate surface area is 186 Å². The number of rotatable bonds is 1. The maximum atomic E-state index is 13.1. The molecular weight excluding hydrogens is 390 g/mol. The maximum Gasteiger partial charge on any atom is 0.321 e. The van der Waals surface area contributed by atoms with E-state index in [4.69, 9.17) is 0 Å². The highest BCUT2D eigenvalue weighted by atomic mass is 16.2. The average Bonchev–Trinajstić information content (AvgIpc) is 3.01. The van der Waals surface area contributed by atoms with Crippen molar-refractivity contribution >= 4 is 17.8 Å². The zero-order valence-corrected chi connectivity index (χ0v) is 20.0. The molecular formula is C25H39N3O3. The standard InChI is InChI=1S/C25H39N3O3/c1-23(2,3)27-22(31)26-21(30)18-9-8-16-15-7-10-19-25(5,14-12-20(29)28(19)6)17(15)11-13-24(16,18)4/h12,14-19H,7-11,13H2,1-6H3,(H2,26,27,30,31)/t15-,16-,17+,18?,19?,24-,25+/m0/s1. The average molecular weight is 430 g/mol. The topological polar surface area (TPSA) is 78.5 Å². The summed E-state index contributed by atoms with van der Waals surface area (Å²) in [6.07, 6.45) is 10.1. The SMILES string of the molecule is CN1C(=O)C=C[C@@]2(C)C1CC[C@@H]1[C@H]2CC[C@]2(C)C(C(=O)NC(=O)NC(C)(C)C)CC[C@@H]12. The van der Waals surface area contributed by atoms with Crippen molar-refractivity contribution in [2.45, 2.75) is 84.7 Å². The van der Waals surface area contributed by atoms with Crippen LogP contribution in [0.4, 0.5) is 4.79 Å². The lowest BCUT2D eigenvalue weighted by Gasteiger charge is -2.60. The molecule has 0 aromatic rings. The van der Waals surface area contributed by atoms with Crippen molar-refractivity contribution in [1.82, 2.24) is 15.5 Å². The van der Waals surface area contributed by atoms with Gasteiger partial charge in [0.05, 0.1) is 0 Å². The fraction of sp³-hybridized carbons (Fsp3) is 0.800. The Hall–Kier alpha value is -1.85. The fourth-order valence-electron chi connectivity index (χ4n) is 7.74. The van der Waals surface area contributed by atoms with Gasteiger partial charge < -0.3 is 10.2 Å². The molecule has 0 radical (unpaired) electrons. The van der Waals surface area contributed by atoms with Crippen LogP contribution in [0.5, 0.6) is 0 Å². The van der Waals surface area contributed by atoms with Gasteiger partial charge in [-0.25, -0.2) is 4.79 Å². The van der Waals surface area contributed by atoms with Gasteiger partial charge >= 0.3 is 6.03 Å². The molecule has 4 aliphatic rings. The first-order chi connectivity index (χ1) is 14.4. The lowest BCUT2D eigenvalue weighted by Crippen LogP contribution is -2.60. The van der Waals surface area contributed by atoms with E-state index < -0.39 is 6.03 Å². The molecule has 3 saturated carbocycles. The van der Waals surface area contributed by atoms with Crippen molar-refractivity contribution in [2.75, 3.05) is 7.05 Å². The van der Waals surface area contributed by atoms with Gasteiger partial charge in [-0.1, -0.05) is 19.9 Å². The van der Waals surface area contributed by atoms with Crippen LogP contribution in [0.25, 0.3) is 0 Å². The second kappa shape index (κ2) is 7.35. The number of carbonyl (C=O) groups is 3.